The Kier molecular flexibility index (Phi) is 6.71. The largest absolute Gasteiger partial charge is 0.367 e. The zero-order chi connectivity index (χ0) is 15.1. The summed E-state index contributed by atoms with van der Waals surface area (Å²) < 4.78 is 0. The molecule has 0 saturated heterocycles. The Morgan fingerprint density at radius 2 is 1.70 bits per heavy atom. The minimum absolute atomic E-state index is 0.388. The van der Waals surface area contributed by atoms with Crippen LogP contribution in [0, 0.1) is 12.8 Å². The van der Waals surface area contributed by atoms with Gasteiger partial charge in [-0.3, -0.25) is 0 Å². The van der Waals surface area contributed by atoms with Gasteiger partial charge in [0, 0.05) is 18.0 Å². The number of hydrazine groups is 1. The molecule has 5 heteroatoms. The lowest BCUT2D eigenvalue weighted by Crippen LogP contribution is -2.27. The topological polar surface area (TPSA) is 75.9 Å². The standard InChI is InChI=1S/C15H29N5/c1-6-9-13-18-14(10(4)15(19-13)20-16)17-11(5)12(7-2)8-3/h11-12H,6-9,16H2,1-5H3,(H2,17,18,19,20). The number of nitrogens with two attached hydrogens (primary N) is 1. The van der Waals surface area contributed by atoms with Crippen LogP contribution in [0.15, 0.2) is 0 Å². The number of anilines is 2. The Morgan fingerprint density at radius 1 is 1.10 bits per heavy atom. The van der Waals surface area contributed by atoms with Crippen molar-refractivity contribution < 1.29 is 0 Å². The van der Waals surface area contributed by atoms with E-state index in [-0.39, 0.29) is 0 Å². The van der Waals surface area contributed by atoms with Gasteiger partial charge in [-0.15, -0.1) is 0 Å². The molecule has 0 amide bonds. The summed E-state index contributed by atoms with van der Waals surface area (Å²) in [6.45, 7) is 10.8. The summed E-state index contributed by atoms with van der Waals surface area (Å²) in [5.74, 6) is 8.65. The van der Waals surface area contributed by atoms with Crippen LogP contribution in [0.4, 0.5) is 11.6 Å². The molecule has 0 radical (unpaired) electrons. The third-order valence-electron chi connectivity index (χ3n) is 3.92. The quantitative estimate of drug-likeness (QED) is 0.503. The highest BCUT2D eigenvalue weighted by Crippen LogP contribution is 2.23. The van der Waals surface area contributed by atoms with E-state index in [0.29, 0.717) is 17.8 Å². The molecule has 4 N–H and O–H groups in total. The lowest BCUT2D eigenvalue weighted by atomic mass is 9.95. The van der Waals surface area contributed by atoms with Gasteiger partial charge in [-0.25, -0.2) is 15.8 Å². The third-order valence-corrected chi connectivity index (χ3v) is 3.92. The van der Waals surface area contributed by atoms with E-state index in [1.807, 2.05) is 6.92 Å². The molecule has 0 aliphatic heterocycles. The molecule has 0 fully saturated rings. The first kappa shape index (κ1) is 16.7. The molecule has 0 aromatic carbocycles. The van der Waals surface area contributed by atoms with Gasteiger partial charge in [0.25, 0.3) is 0 Å². The predicted octanol–water partition coefficient (Wildman–Crippen LogP) is 3.26. The maximum Gasteiger partial charge on any atom is 0.148 e. The van der Waals surface area contributed by atoms with Crippen LogP contribution < -0.4 is 16.6 Å². The number of nitrogen functional groups attached to an aromatic ring is 1. The second-order valence-electron chi connectivity index (χ2n) is 5.37. The molecule has 5 nitrogen and oxygen atoms in total. The maximum absolute atomic E-state index is 5.56. The number of hydrogen-bond acceptors (Lipinski definition) is 5. The van der Waals surface area contributed by atoms with Gasteiger partial charge in [-0.05, 0) is 26.2 Å². The van der Waals surface area contributed by atoms with Crippen molar-refractivity contribution in [2.24, 2.45) is 11.8 Å². The molecule has 20 heavy (non-hydrogen) atoms. The Balaban J connectivity index is 3.00. The van der Waals surface area contributed by atoms with Crippen molar-refractivity contribution in [3.63, 3.8) is 0 Å². The zero-order valence-electron chi connectivity index (χ0n) is 13.5. The molecule has 114 valence electrons. The number of nitrogens with zero attached hydrogens (tertiary/aromatic N) is 2. The summed E-state index contributed by atoms with van der Waals surface area (Å²) in [6.07, 6.45) is 4.22. The van der Waals surface area contributed by atoms with E-state index in [0.717, 1.165) is 30.0 Å². The summed E-state index contributed by atoms with van der Waals surface area (Å²) >= 11 is 0. The smallest absolute Gasteiger partial charge is 0.148 e. The lowest BCUT2D eigenvalue weighted by molar-refractivity contribution is 0.436. The minimum Gasteiger partial charge on any atom is -0.367 e. The summed E-state index contributed by atoms with van der Waals surface area (Å²) in [5.41, 5.74) is 3.65. The number of rotatable bonds is 8. The fourth-order valence-electron chi connectivity index (χ4n) is 2.51. The second kappa shape index (κ2) is 8.04. The Labute approximate surface area is 122 Å². The van der Waals surface area contributed by atoms with Crippen LogP contribution in [0.5, 0.6) is 0 Å². The highest BCUT2D eigenvalue weighted by atomic mass is 15.3. The molecule has 0 saturated carbocycles. The summed E-state index contributed by atoms with van der Waals surface area (Å²) in [4.78, 5) is 9.09. The SMILES string of the molecule is CCCc1nc(NN)c(C)c(NC(C)C(CC)CC)n1. The van der Waals surface area contributed by atoms with Crippen LogP contribution in [0.25, 0.3) is 0 Å². The fraction of sp³-hybridized carbons (Fsp3) is 0.733. The first-order valence-electron chi connectivity index (χ1n) is 7.67. The molecule has 0 aliphatic rings. The Hall–Kier alpha value is -1.36. The molecule has 1 rings (SSSR count). The van der Waals surface area contributed by atoms with Gasteiger partial charge in [-0.1, -0.05) is 33.6 Å². The van der Waals surface area contributed by atoms with Crippen LogP contribution >= 0.6 is 0 Å². The summed E-state index contributed by atoms with van der Waals surface area (Å²) in [6, 6.07) is 0.388. The fourth-order valence-corrected chi connectivity index (χ4v) is 2.51. The summed E-state index contributed by atoms with van der Waals surface area (Å²) in [7, 11) is 0. The highest BCUT2D eigenvalue weighted by Gasteiger charge is 2.17. The minimum atomic E-state index is 0.388. The van der Waals surface area contributed by atoms with E-state index in [9.17, 15) is 0 Å². The third kappa shape index (κ3) is 4.07. The maximum atomic E-state index is 5.56. The monoisotopic (exact) mass is 279 g/mol. The number of hydrogen-bond donors (Lipinski definition) is 3. The van der Waals surface area contributed by atoms with E-state index in [2.05, 4.69) is 48.4 Å². The summed E-state index contributed by atoms with van der Waals surface area (Å²) in [5, 5.41) is 3.54. The first-order valence-corrected chi connectivity index (χ1v) is 7.67. The van der Waals surface area contributed by atoms with Crippen molar-refractivity contribution in [3.05, 3.63) is 11.4 Å². The first-order chi connectivity index (χ1) is 9.57. The van der Waals surface area contributed by atoms with Gasteiger partial charge in [0.2, 0.25) is 0 Å². The van der Waals surface area contributed by atoms with Crippen LogP contribution in [-0.4, -0.2) is 16.0 Å². The molecule has 0 spiro atoms. The van der Waals surface area contributed by atoms with E-state index in [1.165, 1.54) is 12.8 Å². The molecular weight excluding hydrogens is 250 g/mol. The molecule has 1 unspecified atom stereocenters. The van der Waals surface area contributed by atoms with E-state index in [1.54, 1.807) is 0 Å². The molecular formula is C15H29N5. The van der Waals surface area contributed by atoms with Crippen LogP contribution in [0.2, 0.25) is 0 Å². The number of aromatic nitrogens is 2. The zero-order valence-corrected chi connectivity index (χ0v) is 13.5. The van der Waals surface area contributed by atoms with E-state index in [4.69, 9.17) is 5.84 Å². The molecule has 0 bridgehead atoms. The lowest BCUT2D eigenvalue weighted by Gasteiger charge is -2.24. The van der Waals surface area contributed by atoms with Crippen molar-refractivity contribution >= 4 is 11.6 Å². The molecule has 1 atom stereocenters. The highest BCUT2D eigenvalue weighted by molar-refractivity contribution is 5.57. The van der Waals surface area contributed by atoms with Crippen LogP contribution in [0.3, 0.4) is 0 Å². The van der Waals surface area contributed by atoms with Crippen molar-refractivity contribution in [1.29, 1.82) is 0 Å². The predicted molar refractivity (Wildman–Crippen MR) is 85.7 cm³/mol. The van der Waals surface area contributed by atoms with Crippen molar-refractivity contribution in [2.45, 2.75) is 66.3 Å². The molecule has 0 aliphatic carbocycles. The van der Waals surface area contributed by atoms with Crippen molar-refractivity contribution in [3.8, 4) is 0 Å². The van der Waals surface area contributed by atoms with Crippen molar-refractivity contribution in [2.75, 3.05) is 10.7 Å². The molecule has 1 aromatic rings. The number of nitrogens with one attached hydrogen (secondary N) is 2. The molecule has 1 aromatic heterocycles. The average molecular weight is 279 g/mol. The van der Waals surface area contributed by atoms with Gasteiger partial charge in [0.05, 0.1) is 0 Å². The van der Waals surface area contributed by atoms with Gasteiger partial charge in [0.15, 0.2) is 0 Å². The van der Waals surface area contributed by atoms with E-state index >= 15 is 0 Å². The van der Waals surface area contributed by atoms with Crippen molar-refractivity contribution in [1.82, 2.24) is 9.97 Å². The second-order valence-corrected chi connectivity index (χ2v) is 5.37. The van der Waals surface area contributed by atoms with Gasteiger partial charge < -0.3 is 10.7 Å². The number of aryl methyl sites for hydroxylation is 1. The van der Waals surface area contributed by atoms with Gasteiger partial charge in [-0.2, -0.15) is 0 Å². The van der Waals surface area contributed by atoms with Gasteiger partial charge in [0.1, 0.15) is 17.5 Å². The Morgan fingerprint density at radius 3 is 2.20 bits per heavy atom. The molecule has 1 heterocycles. The normalized spacial score (nSPS) is 12.6. The van der Waals surface area contributed by atoms with E-state index < -0.39 is 0 Å². The Bertz CT molecular complexity index is 415. The average Bonchev–Trinajstić information content (AvgIpc) is 2.43. The van der Waals surface area contributed by atoms with Crippen LogP contribution in [-0.2, 0) is 6.42 Å². The van der Waals surface area contributed by atoms with Gasteiger partial charge >= 0.3 is 0 Å². The van der Waals surface area contributed by atoms with Crippen LogP contribution in [0.1, 0.15) is 58.3 Å².